The van der Waals surface area contributed by atoms with E-state index in [1.54, 1.807) is 11.7 Å². The number of aromatic nitrogens is 2. The van der Waals surface area contributed by atoms with Crippen LogP contribution in [-0.2, 0) is 12.8 Å². The van der Waals surface area contributed by atoms with Crippen molar-refractivity contribution in [1.29, 1.82) is 0 Å². The molecule has 0 aliphatic carbocycles. The summed E-state index contributed by atoms with van der Waals surface area (Å²) in [6.45, 7) is 0. The van der Waals surface area contributed by atoms with Crippen LogP contribution in [-0.4, -0.2) is 20.9 Å². The number of carbonyl (C=O) groups is 1. The van der Waals surface area contributed by atoms with Gasteiger partial charge in [0.1, 0.15) is 10.6 Å². The largest absolute Gasteiger partial charge is 0.478 e. The van der Waals surface area contributed by atoms with Crippen LogP contribution in [0.5, 0.6) is 0 Å². The van der Waals surface area contributed by atoms with Crippen LogP contribution in [0.3, 0.4) is 0 Å². The van der Waals surface area contributed by atoms with Crippen LogP contribution in [0.1, 0.15) is 15.9 Å². The molecule has 4 nitrogen and oxygen atoms in total. The standard InChI is InChI=1S/C12H12N2O2S/c1-14-11(10(7-13-14)12(15)16)17-8-9-5-3-2-4-6-9/h2-7H,8H2,1H3,(H,15,16). The lowest BCUT2D eigenvalue weighted by atomic mass is 10.2. The third kappa shape index (κ3) is 2.68. The van der Waals surface area contributed by atoms with Gasteiger partial charge in [-0.15, -0.1) is 11.8 Å². The summed E-state index contributed by atoms with van der Waals surface area (Å²) in [5.41, 5.74) is 1.42. The average Bonchev–Trinajstić information content (AvgIpc) is 2.69. The summed E-state index contributed by atoms with van der Waals surface area (Å²) in [5.74, 6) is -0.200. The zero-order valence-electron chi connectivity index (χ0n) is 9.33. The van der Waals surface area contributed by atoms with E-state index >= 15 is 0 Å². The SMILES string of the molecule is Cn1ncc(C(=O)O)c1SCc1ccccc1. The maximum Gasteiger partial charge on any atom is 0.340 e. The van der Waals surface area contributed by atoms with Crippen LogP contribution in [0.15, 0.2) is 41.6 Å². The number of carboxylic acid groups (broad SMARTS) is 1. The third-order valence-corrected chi connectivity index (χ3v) is 3.57. The maximum atomic E-state index is 11.0. The van der Waals surface area contributed by atoms with Crippen LogP contribution in [0, 0.1) is 0 Å². The second-order valence-electron chi connectivity index (χ2n) is 3.57. The summed E-state index contributed by atoms with van der Waals surface area (Å²) in [5, 5.41) is 13.7. The van der Waals surface area contributed by atoms with Crippen LogP contribution < -0.4 is 0 Å². The summed E-state index contributed by atoms with van der Waals surface area (Å²) in [7, 11) is 1.75. The van der Waals surface area contributed by atoms with E-state index in [0.717, 1.165) is 11.3 Å². The summed E-state index contributed by atoms with van der Waals surface area (Å²) in [4.78, 5) is 11.0. The molecule has 2 rings (SSSR count). The summed E-state index contributed by atoms with van der Waals surface area (Å²) in [6.07, 6.45) is 1.38. The molecule has 0 saturated carbocycles. The number of thioether (sulfide) groups is 1. The Morgan fingerprint density at radius 2 is 2.12 bits per heavy atom. The first-order chi connectivity index (χ1) is 8.18. The van der Waals surface area contributed by atoms with Crippen molar-refractivity contribution in [3.05, 3.63) is 47.7 Å². The molecule has 5 heteroatoms. The number of benzene rings is 1. The maximum absolute atomic E-state index is 11.0. The monoisotopic (exact) mass is 248 g/mol. The molecule has 0 atom stereocenters. The van der Waals surface area contributed by atoms with Crippen LogP contribution >= 0.6 is 11.8 Å². The van der Waals surface area contributed by atoms with Gasteiger partial charge in [-0.3, -0.25) is 4.68 Å². The molecule has 0 bridgehead atoms. The zero-order valence-corrected chi connectivity index (χ0v) is 10.1. The van der Waals surface area contributed by atoms with E-state index in [-0.39, 0.29) is 5.56 Å². The van der Waals surface area contributed by atoms with Crippen molar-refractivity contribution in [3.63, 3.8) is 0 Å². The number of hydrogen-bond acceptors (Lipinski definition) is 3. The van der Waals surface area contributed by atoms with Crippen molar-refractivity contribution in [1.82, 2.24) is 9.78 Å². The van der Waals surface area contributed by atoms with Gasteiger partial charge in [0.25, 0.3) is 0 Å². The van der Waals surface area contributed by atoms with Crippen molar-refractivity contribution in [2.75, 3.05) is 0 Å². The van der Waals surface area contributed by atoms with Crippen LogP contribution in [0.4, 0.5) is 0 Å². The van der Waals surface area contributed by atoms with Gasteiger partial charge in [0.2, 0.25) is 0 Å². The van der Waals surface area contributed by atoms with Gasteiger partial charge >= 0.3 is 5.97 Å². The fourth-order valence-corrected chi connectivity index (χ4v) is 2.50. The van der Waals surface area contributed by atoms with Gasteiger partial charge in [0, 0.05) is 12.8 Å². The lowest BCUT2D eigenvalue weighted by Crippen LogP contribution is -1.99. The van der Waals surface area contributed by atoms with Gasteiger partial charge in [0.05, 0.1) is 6.20 Å². The molecule has 0 spiro atoms. The second kappa shape index (κ2) is 5.05. The molecule has 1 aromatic heterocycles. The van der Waals surface area contributed by atoms with Crippen LogP contribution in [0.25, 0.3) is 0 Å². The number of hydrogen-bond donors (Lipinski definition) is 1. The van der Waals surface area contributed by atoms with Crippen molar-refractivity contribution < 1.29 is 9.90 Å². The van der Waals surface area contributed by atoms with E-state index in [1.807, 2.05) is 30.3 Å². The fraction of sp³-hybridized carbons (Fsp3) is 0.167. The van der Waals surface area contributed by atoms with Crippen molar-refractivity contribution in [2.45, 2.75) is 10.8 Å². The molecule has 1 heterocycles. The molecular formula is C12H12N2O2S. The highest BCUT2D eigenvalue weighted by atomic mass is 32.2. The molecular weight excluding hydrogens is 236 g/mol. The molecule has 0 fully saturated rings. The van der Waals surface area contributed by atoms with Gasteiger partial charge in [-0.1, -0.05) is 30.3 Å². The molecule has 2 aromatic rings. The Morgan fingerprint density at radius 1 is 1.41 bits per heavy atom. The lowest BCUT2D eigenvalue weighted by molar-refractivity contribution is 0.0692. The molecule has 0 saturated heterocycles. The Hall–Kier alpha value is -1.75. The molecule has 0 radical (unpaired) electrons. The molecule has 1 N–H and O–H groups in total. The minimum Gasteiger partial charge on any atom is -0.478 e. The third-order valence-electron chi connectivity index (χ3n) is 2.33. The quantitative estimate of drug-likeness (QED) is 0.844. The average molecular weight is 248 g/mol. The number of nitrogens with zero attached hydrogens (tertiary/aromatic N) is 2. The predicted octanol–water partition coefficient (Wildman–Crippen LogP) is 2.41. The first-order valence-electron chi connectivity index (χ1n) is 5.10. The van der Waals surface area contributed by atoms with E-state index in [1.165, 1.54) is 18.0 Å². The highest BCUT2D eigenvalue weighted by Gasteiger charge is 2.15. The summed E-state index contributed by atoms with van der Waals surface area (Å²) < 4.78 is 1.59. The summed E-state index contributed by atoms with van der Waals surface area (Å²) >= 11 is 1.48. The van der Waals surface area contributed by atoms with E-state index in [2.05, 4.69) is 5.10 Å². The number of aromatic carboxylic acids is 1. The molecule has 0 unspecified atom stereocenters. The second-order valence-corrected chi connectivity index (χ2v) is 4.53. The van der Waals surface area contributed by atoms with Gasteiger partial charge in [-0.2, -0.15) is 5.10 Å². The Kier molecular flexibility index (Phi) is 3.49. The topological polar surface area (TPSA) is 55.1 Å². The highest BCUT2D eigenvalue weighted by molar-refractivity contribution is 7.98. The van der Waals surface area contributed by atoms with Gasteiger partial charge < -0.3 is 5.11 Å². The van der Waals surface area contributed by atoms with E-state index in [9.17, 15) is 4.79 Å². The molecule has 1 aromatic carbocycles. The highest BCUT2D eigenvalue weighted by Crippen LogP contribution is 2.25. The number of carboxylic acids is 1. The van der Waals surface area contributed by atoms with Crippen molar-refractivity contribution >= 4 is 17.7 Å². The molecule has 17 heavy (non-hydrogen) atoms. The van der Waals surface area contributed by atoms with E-state index in [4.69, 9.17) is 5.11 Å². The van der Waals surface area contributed by atoms with Gasteiger partial charge in [-0.25, -0.2) is 4.79 Å². The molecule has 88 valence electrons. The summed E-state index contributed by atoms with van der Waals surface area (Å²) in [6, 6.07) is 9.93. The minimum atomic E-state index is -0.936. The Bertz CT molecular complexity index is 523. The number of aryl methyl sites for hydroxylation is 1. The lowest BCUT2D eigenvalue weighted by Gasteiger charge is -2.03. The minimum absolute atomic E-state index is 0.258. The van der Waals surface area contributed by atoms with E-state index < -0.39 is 5.97 Å². The Balaban J connectivity index is 2.14. The van der Waals surface area contributed by atoms with Crippen LogP contribution in [0.2, 0.25) is 0 Å². The predicted molar refractivity (Wildman–Crippen MR) is 66.2 cm³/mol. The molecule has 0 aliphatic rings. The fourth-order valence-electron chi connectivity index (χ4n) is 1.47. The van der Waals surface area contributed by atoms with Crippen molar-refractivity contribution in [3.8, 4) is 0 Å². The first kappa shape index (κ1) is 11.7. The normalized spacial score (nSPS) is 10.4. The zero-order chi connectivity index (χ0) is 12.3. The van der Waals surface area contributed by atoms with Gasteiger partial charge in [-0.05, 0) is 5.56 Å². The molecule has 0 aliphatic heterocycles. The Morgan fingerprint density at radius 3 is 2.76 bits per heavy atom. The van der Waals surface area contributed by atoms with Crippen molar-refractivity contribution in [2.24, 2.45) is 7.05 Å². The Labute approximate surface area is 103 Å². The number of rotatable bonds is 4. The first-order valence-corrected chi connectivity index (χ1v) is 6.09. The van der Waals surface area contributed by atoms with E-state index in [0.29, 0.717) is 5.03 Å². The molecule has 0 amide bonds. The smallest absolute Gasteiger partial charge is 0.340 e. The van der Waals surface area contributed by atoms with Gasteiger partial charge in [0.15, 0.2) is 0 Å².